The molecular weight excluding hydrogens is 746 g/mol. The highest BCUT2D eigenvalue weighted by Gasteiger charge is 2.44. The molecule has 4 aromatic carbocycles. The first-order valence-electron chi connectivity index (χ1n) is 16.3. The summed E-state index contributed by atoms with van der Waals surface area (Å²) in [5, 5.41) is 10.3. The van der Waals surface area contributed by atoms with Crippen molar-refractivity contribution in [3.63, 3.8) is 0 Å². The molecule has 2 saturated heterocycles. The number of halogens is 10. The zero-order valence-electron chi connectivity index (χ0n) is 27.7. The van der Waals surface area contributed by atoms with Gasteiger partial charge in [0.25, 0.3) is 0 Å². The summed E-state index contributed by atoms with van der Waals surface area (Å²) in [6, 6.07) is 10.1. The fourth-order valence-electron chi connectivity index (χ4n) is 5.51. The fourth-order valence-corrected chi connectivity index (χ4v) is 5.51. The molecule has 0 spiro atoms. The highest BCUT2D eigenvalue weighted by atomic mass is 19.4. The Morgan fingerprint density at radius 3 is 1.04 bits per heavy atom. The largest absolute Gasteiger partial charge is 0.488 e. The molecule has 4 atom stereocenters. The van der Waals surface area contributed by atoms with E-state index in [0.717, 1.165) is 48.5 Å². The lowest BCUT2D eigenvalue weighted by Gasteiger charge is -2.23. The highest BCUT2D eigenvalue weighted by Crippen LogP contribution is 2.43. The lowest BCUT2D eigenvalue weighted by Crippen LogP contribution is -2.26. The number of rotatable bonds is 16. The van der Waals surface area contributed by atoms with Crippen LogP contribution >= 0.6 is 0 Å². The molecule has 0 amide bonds. The van der Waals surface area contributed by atoms with Crippen LogP contribution in [0.3, 0.4) is 0 Å². The lowest BCUT2D eigenvalue weighted by molar-refractivity contribution is -0.142. The molecule has 6 rings (SSSR count). The van der Waals surface area contributed by atoms with E-state index in [2.05, 4.69) is 0 Å². The first-order chi connectivity index (χ1) is 25.6. The van der Waals surface area contributed by atoms with Crippen LogP contribution in [0.2, 0.25) is 0 Å². The van der Waals surface area contributed by atoms with Crippen molar-refractivity contribution in [3.8, 4) is 23.0 Å². The summed E-state index contributed by atoms with van der Waals surface area (Å²) in [5.74, 6) is -11.1. The van der Waals surface area contributed by atoms with Gasteiger partial charge in [0.15, 0.2) is 46.3 Å². The van der Waals surface area contributed by atoms with Crippen molar-refractivity contribution in [2.45, 2.75) is 42.5 Å². The van der Waals surface area contributed by atoms with Gasteiger partial charge in [-0.1, -0.05) is 24.3 Å². The molecule has 2 aliphatic heterocycles. The maximum atomic E-state index is 14.9. The smallest absolute Gasteiger partial charge is 0.399 e. The Bertz CT molecular complexity index is 1790. The normalized spacial score (nSPS) is 18.4. The Hall–Kier alpha value is -4.74. The van der Waals surface area contributed by atoms with Gasteiger partial charge in [-0.2, -0.15) is 26.3 Å². The van der Waals surface area contributed by atoms with Gasteiger partial charge in [-0.15, -0.1) is 0 Å². The van der Waals surface area contributed by atoms with Gasteiger partial charge in [0.05, 0.1) is 13.2 Å². The van der Waals surface area contributed by atoms with E-state index in [1.165, 1.54) is 0 Å². The highest BCUT2D eigenvalue weighted by molar-refractivity contribution is 5.42. The van der Waals surface area contributed by atoms with E-state index in [4.69, 9.17) is 28.4 Å². The van der Waals surface area contributed by atoms with Crippen molar-refractivity contribution in [2.75, 3.05) is 39.6 Å². The maximum Gasteiger partial charge on any atom is 0.399 e. The molecule has 1 N–H and O–H groups in total. The molecule has 0 aliphatic carbocycles. The van der Waals surface area contributed by atoms with Crippen LogP contribution in [0.15, 0.2) is 72.8 Å². The minimum absolute atomic E-state index is 0.0247. The molecule has 17 heteroatoms. The van der Waals surface area contributed by atoms with Crippen molar-refractivity contribution in [1.82, 2.24) is 0 Å². The van der Waals surface area contributed by atoms with Crippen molar-refractivity contribution >= 4 is 0 Å². The number of hydrogen-bond donors (Lipinski definition) is 1. The SMILES string of the molecule is OC(COc1ccc(C(c2ccc(OCC3CO3)c(F)c2)C(F)(F)F)cc1F)COc1ccc(C(c2ccc(OCC3CO3)c(F)c2)C(F)(F)F)cc1F. The molecule has 54 heavy (non-hydrogen) atoms. The van der Waals surface area contributed by atoms with E-state index in [-0.39, 0.29) is 36.9 Å². The number of benzene rings is 4. The molecule has 0 aromatic heterocycles. The van der Waals surface area contributed by atoms with Crippen LogP contribution in [-0.4, -0.2) is 75.4 Å². The maximum absolute atomic E-state index is 14.9. The van der Waals surface area contributed by atoms with Gasteiger partial charge in [0.1, 0.15) is 56.6 Å². The molecule has 4 unspecified atom stereocenters. The Labute approximate surface area is 300 Å². The predicted octanol–water partition coefficient (Wildman–Crippen LogP) is 8.01. The van der Waals surface area contributed by atoms with Crippen LogP contribution in [0.25, 0.3) is 0 Å². The Morgan fingerprint density at radius 1 is 0.519 bits per heavy atom. The third-order valence-corrected chi connectivity index (χ3v) is 8.33. The van der Waals surface area contributed by atoms with Gasteiger partial charge in [-0.05, 0) is 70.8 Å². The summed E-state index contributed by atoms with van der Waals surface area (Å²) in [6.45, 7) is -0.472. The molecule has 0 bridgehead atoms. The van der Waals surface area contributed by atoms with Gasteiger partial charge in [-0.3, -0.25) is 0 Å². The minimum Gasteiger partial charge on any atom is -0.488 e. The second kappa shape index (κ2) is 15.9. The molecule has 0 radical (unpaired) electrons. The lowest BCUT2D eigenvalue weighted by atomic mass is 9.90. The van der Waals surface area contributed by atoms with Crippen LogP contribution in [0.4, 0.5) is 43.9 Å². The molecule has 4 aromatic rings. The number of aliphatic hydroxyl groups is 1. The summed E-state index contributed by atoms with van der Waals surface area (Å²) in [5.41, 5.74) is -2.17. The standard InChI is InChI=1S/C37H30F10O7/c38-26-9-19(34(36(42,43)44)21-3-7-32(28(40)11-21)53-17-24-15-49-24)1-5-30(26)51-13-23(48)14-52-31-6-2-20(10-27(31)39)35(37(45,46)47)22-4-8-33(29(41)12-22)54-18-25-16-50-25/h1-12,23-25,34-35,48H,13-18H2. The van der Waals surface area contributed by atoms with Crippen molar-refractivity contribution in [1.29, 1.82) is 0 Å². The van der Waals surface area contributed by atoms with Crippen LogP contribution in [0.5, 0.6) is 23.0 Å². The average molecular weight is 777 g/mol. The number of alkyl halides is 6. The minimum atomic E-state index is -4.95. The van der Waals surface area contributed by atoms with Gasteiger partial charge in [0.2, 0.25) is 0 Å². The summed E-state index contributed by atoms with van der Waals surface area (Å²) >= 11 is 0. The Kier molecular flexibility index (Phi) is 11.5. The first kappa shape index (κ1) is 39.0. The molecule has 290 valence electrons. The van der Waals surface area contributed by atoms with E-state index < -0.39 is 101 Å². The van der Waals surface area contributed by atoms with E-state index in [1.54, 1.807) is 0 Å². The molecule has 2 heterocycles. The zero-order chi connectivity index (χ0) is 38.8. The second-order valence-electron chi connectivity index (χ2n) is 12.5. The van der Waals surface area contributed by atoms with Crippen molar-refractivity contribution in [3.05, 3.63) is 118 Å². The summed E-state index contributed by atoms with van der Waals surface area (Å²) in [6.07, 6.45) is -11.9. The van der Waals surface area contributed by atoms with Crippen LogP contribution in [-0.2, 0) is 9.47 Å². The van der Waals surface area contributed by atoms with Gasteiger partial charge in [0, 0.05) is 0 Å². The monoisotopic (exact) mass is 776 g/mol. The fraction of sp³-hybridized carbons (Fsp3) is 0.351. The number of ether oxygens (including phenoxy) is 6. The average Bonchev–Trinajstić information content (AvgIpc) is 4.02. The summed E-state index contributed by atoms with van der Waals surface area (Å²) < 4.78 is 174. The quantitative estimate of drug-likeness (QED) is 0.0913. The topological polar surface area (TPSA) is 82.2 Å². The third kappa shape index (κ3) is 9.86. The number of aliphatic hydroxyl groups excluding tert-OH is 1. The summed E-state index contributed by atoms with van der Waals surface area (Å²) in [7, 11) is 0. The van der Waals surface area contributed by atoms with Crippen LogP contribution < -0.4 is 18.9 Å². The Morgan fingerprint density at radius 2 is 0.796 bits per heavy atom. The molecule has 0 saturated carbocycles. The van der Waals surface area contributed by atoms with Crippen molar-refractivity contribution in [2.24, 2.45) is 0 Å². The van der Waals surface area contributed by atoms with Gasteiger partial charge >= 0.3 is 12.4 Å². The van der Waals surface area contributed by atoms with Crippen LogP contribution in [0, 0.1) is 23.3 Å². The second-order valence-corrected chi connectivity index (χ2v) is 12.5. The summed E-state index contributed by atoms with van der Waals surface area (Å²) in [4.78, 5) is 0. The zero-order valence-corrected chi connectivity index (χ0v) is 27.7. The van der Waals surface area contributed by atoms with Crippen molar-refractivity contribution < 1.29 is 77.4 Å². The Balaban J connectivity index is 1.06. The molecule has 2 fully saturated rings. The molecular formula is C37H30F10O7. The molecule has 2 aliphatic rings. The van der Waals surface area contributed by atoms with E-state index in [9.17, 15) is 49.0 Å². The van der Waals surface area contributed by atoms with Gasteiger partial charge in [-0.25, -0.2) is 17.6 Å². The van der Waals surface area contributed by atoms with Gasteiger partial charge < -0.3 is 33.5 Å². The number of hydrogen-bond acceptors (Lipinski definition) is 7. The van der Waals surface area contributed by atoms with E-state index >= 15 is 0 Å². The van der Waals surface area contributed by atoms with E-state index in [1.807, 2.05) is 0 Å². The predicted molar refractivity (Wildman–Crippen MR) is 169 cm³/mol. The third-order valence-electron chi connectivity index (χ3n) is 8.33. The van der Waals surface area contributed by atoms with E-state index in [0.29, 0.717) is 37.5 Å². The number of epoxide rings is 2. The molecule has 7 nitrogen and oxygen atoms in total. The first-order valence-corrected chi connectivity index (χ1v) is 16.3. The van der Waals surface area contributed by atoms with Crippen LogP contribution in [0.1, 0.15) is 34.1 Å².